The van der Waals surface area contributed by atoms with Crippen LogP contribution in [0.4, 0.5) is 17.6 Å². The molecule has 2 aromatic rings. The van der Waals surface area contributed by atoms with Crippen LogP contribution >= 0.6 is 11.6 Å². The standard InChI is InChI=1S/C17H16ClF4N3O/c18-12-7-10(5-6-13(12)19)8-23-15(26)9-25-14-4-2-1-3-11(14)16(24-25)17(20,21)22/h5-7H,1-4,8-9H2,(H,23,26). The average molecular weight is 390 g/mol. The zero-order valence-corrected chi connectivity index (χ0v) is 14.4. The van der Waals surface area contributed by atoms with Crippen molar-refractivity contribution in [2.75, 3.05) is 0 Å². The van der Waals surface area contributed by atoms with E-state index in [0.29, 0.717) is 30.5 Å². The zero-order valence-electron chi connectivity index (χ0n) is 13.7. The van der Waals surface area contributed by atoms with Crippen LogP contribution in [-0.4, -0.2) is 15.7 Å². The predicted octanol–water partition coefficient (Wildman–Crippen LogP) is 3.89. The number of nitrogens with zero attached hydrogens (tertiary/aromatic N) is 2. The minimum atomic E-state index is -4.53. The third kappa shape index (κ3) is 4.00. The highest BCUT2D eigenvalue weighted by Crippen LogP contribution is 2.35. The van der Waals surface area contributed by atoms with Gasteiger partial charge >= 0.3 is 6.18 Å². The number of halogens is 5. The minimum Gasteiger partial charge on any atom is -0.350 e. The molecule has 1 aliphatic rings. The van der Waals surface area contributed by atoms with Crippen molar-refractivity contribution >= 4 is 17.5 Å². The summed E-state index contributed by atoms with van der Waals surface area (Å²) in [5.41, 5.74) is 0.360. The Morgan fingerprint density at radius 1 is 1.27 bits per heavy atom. The van der Waals surface area contributed by atoms with Crippen molar-refractivity contribution in [2.45, 2.75) is 44.9 Å². The first-order valence-corrected chi connectivity index (χ1v) is 8.50. The van der Waals surface area contributed by atoms with Crippen molar-refractivity contribution in [2.24, 2.45) is 0 Å². The van der Waals surface area contributed by atoms with E-state index in [9.17, 15) is 22.4 Å². The first kappa shape index (κ1) is 18.7. The highest BCUT2D eigenvalue weighted by atomic mass is 35.5. The summed E-state index contributed by atoms with van der Waals surface area (Å²) in [6, 6.07) is 4.04. The number of benzene rings is 1. The molecular weight excluding hydrogens is 374 g/mol. The fourth-order valence-corrected chi connectivity index (χ4v) is 3.27. The number of nitrogens with one attached hydrogen (secondary N) is 1. The quantitative estimate of drug-likeness (QED) is 0.806. The molecule has 140 valence electrons. The van der Waals surface area contributed by atoms with E-state index in [1.807, 2.05) is 0 Å². The summed E-state index contributed by atoms with van der Waals surface area (Å²) < 4.78 is 53.7. The molecule has 0 fully saturated rings. The van der Waals surface area contributed by atoms with Crippen LogP contribution in [0, 0.1) is 5.82 Å². The van der Waals surface area contributed by atoms with Crippen LogP contribution in [0.15, 0.2) is 18.2 Å². The average Bonchev–Trinajstić information content (AvgIpc) is 2.95. The molecule has 0 unspecified atom stereocenters. The van der Waals surface area contributed by atoms with Crippen LogP contribution in [-0.2, 0) is 36.9 Å². The largest absolute Gasteiger partial charge is 0.435 e. The van der Waals surface area contributed by atoms with Gasteiger partial charge in [0.25, 0.3) is 0 Å². The van der Waals surface area contributed by atoms with Gasteiger partial charge in [0.1, 0.15) is 12.4 Å². The Balaban J connectivity index is 1.71. The molecule has 1 aromatic carbocycles. The Kier molecular flexibility index (Phi) is 5.22. The highest BCUT2D eigenvalue weighted by molar-refractivity contribution is 6.30. The zero-order chi connectivity index (χ0) is 18.9. The number of hydrogen-bond donors (Lipinski definition) is 1. The van der Waals surface area contributed by atoms with Gasteiger partial charge in [-0.2, -0.15) is 18.3 Å². The number of rotatable bonds is 4. The Morgan fingerprint density at radius 2 is 2.00 bits per heavy atom. The fourth-order valence-electron chi connectivity index (χ4n) is 3.07. The molecule has 1 heterocycles. The van der Waals surface area contributed by atoms with E-state index in [-0.39, 0.29) is 23.7 Å². The molecule has 0 aliphatic heterocycles. The van der Waals surface area contributed by atoms with Gasteiger partial charge < -0.3 is 5.32 Å². The maximum atomic E-state index is 13.1. The Hall–Kier alpha value is -2.09. The van der Waals surface area contributed by atoms with Gasteiger partial charge in [-0.1, -0.05) is 17.7 Å². The third-order valence-corrected chi connectivity index (χ3v) is 4.58. The van der Waals surface area contributed by atoms with Crippen molar-refractivity contribution < 1.29 is 22.4 Å². The lowest BCUT2D eigenvalue weighted by atomic mass is 9.95. The van der Waals surface area contributed by atoms with Gasteiger partial charge in [0, 0.05) is 17.8 Å². The molecule has 0 saturated carbocycles. The van der Waals surface area contributed by atoms with E-state index < -0.39 is 23.6 Å². The maximum absolute atomic E-state index is 13.1. The number of alkyl halides is 3. The SMILES string of the molecule is O=C(Cn1nc(C(F)(F)F)c2c1CCCC2)NCc1ccc(F)c(Cl)c1. The van der Waals surface area contributed by atoms with Gasteiger partial charge in [0.05, 0.1) is 5.02 Å². The summed E-state index contributed by atoms with van der Waals surface area (Å²) in [5.74, 6) is -1.04. The maximum Gasteiger partial charge on any atom is 0.435 e. The molecule has 0 bridgehead atoms. The number of amides is 1. The second kappa shape index (κ2) is 7.26. The fraction of sp³-hybridized carbons (Fsp3) is 0.412. The third-order valence-electron chi connectivity index (χ3n) is 4.29. The molecular formula is C17H16ClF4N3O. The molecule has 26 heavy (non-hydrogen) atoms. The number of carbonyl (C=O) groups excluding carboxylic acids is 1. The van der Waals surface area contributed by atoms with Crippen molar-refractivity contribution in [1.82, 2.24) is 15.1 Å². The molecule has 0 atom stereocenters. The summed E-state index contributed by atoms with van der Waals surface area (Å²) in [6.45, 7) is -0.207. The highest BCUT2D eigenvalue weighted by Gasteiger charge is 2.39. The lowest BCUT2D eigenvalue weighted by Crippen LogP contribution is -2.28. The van der Waals surface area contributed by atoms with E-state index in [2.05, 4.69) is 10.4 Å². The Labute approximate surface area is 152 Å². The van der Waals surface area contributed by atoms with Crippen LogP contribution in [0.5, 0.6) is 0 Å². The molecule has 9 heteroatoms. The second-order valence-corrected chi connectivity index (χ2v) is 6.57. The van der Waals surface area contributed by atoms with E-state index in [4.69, 9.17) is 11.6 Å². The Bertz CT molecular complexity index is 832. The van der Waals surface area contributed by atoms with Crippen LogP contribution in [0.1, 0.15) is 35.4 Å². The van der Waals surface area contributed by atoms with Gasteiger partial charge in [-0.05, 0) is 43.4 Å². The Morgan fingerprint density at radius 3 is 2.69 bits per heavy atom. The summed E-state index contributed by atoms with van der Waals surface area (Å²) in [6.07, 6.45) is -2.29. The van der Waals surface area contributed by atoms with Crippen molar-refractivity contribution in [3.63, 3.8) is 0 Å². The number of fused-ring (bicyclic) bond motifs is 1. The second-order valence-electron chi connectivity index (χ2n) is 6.16. The molecule has 0 saturated heterocycles. The van der Waals surface area contributed by atoms with Gasteiger partial charge in [-0.3, -0.25) is 9.48 Å². The summed E-state index contributed by atoms with van der Waals surface area (Å²) >= 11 is 5.68. The molecule has 4 nitrogen and oxygen atoms in total. The molecule has 1 aliphatic carbocycles. The summed E-state index contributed by atoms with van der Waals surface area (Å²) in [4.78, 5) is 12.1. The lowest BCUT2D eigenvalue weighted by Gasteiger charge is -2.14. The van der Waals surface area contributed by atoms with Crippen LogP contribution < -0.4 is 5.32 Å². The van der Waals surface area contributed by atoms with E-state index >= 15 is 0 Å². The molecule has 0 spiro atoms. The molecule has 1 aromatic heterocycles. The monoisotopic (exact) mass is 389 g/mol. The molecule has 0 radical (unpaired) electrons. The summed E-state index contributed by atoms with van der Waals surface area (Å²) in [5, 5.41) is 6.17. The van der Waals surface area contributed by atoms with E-state index in [0.717, 1.165) is 11.1 Å². The van der Waals surface area contributed by atoms with E-state index in [1.165, 1.54) is 18.2 Å². The predicted molar refractivity (Wildman–Crippen MR) is 87.1 cm³/mol. The minimum absolute atomic E-state index is 0.0623. The van der Waals surface area contributed by atoms with Crippen molar-refractivity contribution in [3.8, 4) is 0 Å². The van der Waals surface area contributed by atoms with Gasteiger partial charge in [0.2, 0.25) is 5.91 Å². The molecule has 1 amide bonds. The van der Waals surface area contributed by atoms with Crippen LogP contribution in [0.25, 0.3) is 0 Å². The lowest BCUT2D eigenvalue weighted by molar-refractivity contribution is -0.142. The van der Waals surface area contributed by atoms with Crippen LogP contribution in [0.3, 0.4) is 0 Å². The van der Waals surface area contributed by atoms with Gasteiger partial charge in [-0.15, -0.1) is 0 Å². The first-order chi connectivity index (χ1) is 12.3. The topological polar surface area (TPSA) is 46.9 Å². The van der Waals surface area contributed by atoms with Gasteiger partial charge in [-0.25, -0.2) is 4.39 Å². The number of carbonyl (C=O) groups is 1. The normalized spacial score (nSPS) is 14.2. The number of aromatic nitrogens is 2. The van der Waals surface area contributed by atoms with E-state index in [1.54, 1.807) is 0 Å². The molecule has 1 N–H and O–H groups in total. The van der Waals surface area contributed by atoms with Crippen molar-refractivity contribution in [3.05, 3.63) is 51.6 Å². The summed E-state index contributed by atoms with van der Waals surface area (Å²) in [7, 11) is 0. The number of hydrogen-bond acceptors (Lipinski definition) is 2. The first-order valence-electron chi connectivity index (χ1n) is 8.12. The van der Waals surface area contributed by atoms with Crippen molar-refractivity contribution in [1.29, 1.82) is 0 Å². The molecule has 3 rings (SSSR count). The van der Waals surface area contributed by atoms with Crippen LogP contribution in [0.2, 0.25) is 5.02 Å². The van der Waals surface area contributed by atoms with Gasteiger partial charge in [0.15, 0.2) is 5.69 Å². The smallest absolute Gasteiger partial charge is 0.350 e.